The van der Waals surface area contributed by atoms with E-state index in [2.05, 4.69) is 5.32 Å². The Hall–Kier alpha value is -2.37. The molecule has 0 radical (unpaired) electrons. The molecule has 2 aliphatic heterocycles. The number of amides is 4. The Bertz CT molecular complexity index is 688. The normalized spacial score (nSPS) is 22.9. The van der Waals surface area contributed by atoms with Gasteiger partial charge in [0.1, 0.15) is 5.54 Å². The number of carbonyl (C=O) groups excluding carboxylic acids is 3. The maximum atomic E-state index is 12.9. The van der Waals surface area contributed by atoms with Gasteiger partial charge in [-0.05, 0) is 30.4 Å². The van der Waals surface area contributed by atoms with Gasteiger partial charge in [-0.25, -0.2) is 4.79 Å². The van der Waals surface area contributed by atoms with Gasteiger partial charge < -0.3 is 10.2 Å². The predicted octanol–water partition coefficient (Wildman–Crippen LogP) is 2.03. The van der Waals surface area contributed by atoms with E-state index in [1.165, 1.54) is 11.8 Å². The van der Waals surface area contributed by atoms with Crippen LogP contribution in [0.15, 0.2) is 24.3 Å². The molecule has 2 aliphatic rings. The number of hydrogen-bond donors (Lipinski definition) is 1. The van der Waals surface area contributed by atoms with Crippen molar-refractivity contribution >= 4 is 17.8 Å². The van der Waals surface area contributed by atoms with Crippen LogP contribution in [0.25, 0.3) is 0 Å². The molecule has 0 spiro atoms. The summed E-state index contributed by atoms with van der Waals surface area (Å²) in [6, 6.07) is 7.46. The fourth-order valence-corrected chi connectivity index (χ4v) is 3.77. The molecule has 0 aliphatic carbocycles. The van der Waals surface area contributed by atoms with E-state index in [0.29, 0.717) is 19.5 Å². The highest BCUT2D eigenvalue weighted by Crippen LogP contribution is 2.40. The van der Waals surface area contributed by atoms with E-state index in [-0.39, 0.29) is 24.4 Å². The van der Waals surface area contributed by atoms with Crippen LogP contribution in [0, 0.1) is 0 Å². The maximum absolute atomic E-state index is 12.9. The highest BCUT2D eigenvalue weighted by Gasteiger charge is 2.58. The number of imide groups is 1. The van der Waals surface area contributed by atoms with Gasteiger partial charge in [0.25, 0.3) is 5.91 Å². The average molecular weight is 329 g/mol. The lowest BCUT2D eigenvalue weighted by Crippen LogP contribution is -2.44. The number of hydrogen-bond acceptors (Lipinski definition) is 3. The molecule has 1 N–H and O–H groups in total. The summed E-state index contributed by atoms with van der Waals surface area (Å²) < 4.78 is 0. The van der Waals surface area contributed by atoms with Gasteiger partial charge in [-0.3, -0.25) is 14.5 Å². The molecule has 2 heterocycles. The number of rotatable bonds is 5. The van der Waals surface area contributed by atoms with Gasteiger partial charge in [0.05, 0.1) is 6.54 Å². The molecule has 2 saturated heterocycles. The van der Waals surface area contributed by atoms with Crippen molar-refractivity contribution in [3.05, 3.63) is 35.4 Å². The largest absolute Gasteiger partial charge is 0.352 e. The van der Waals surface area contributed by atoms with Crippen molar-refractivity contribution < 1.29 is 14.4 Å². The van der Waals surface area contributed by atoms with Crippen LogP contribution >= 0.6 is 0 Å². The van der Waals surface area contributed by atoms with Crippen molar-refractivity contribution in [2.75, 3.05) is 6.54 Å². The molecule has 1 atom stereocenters. The topological polar surface area (TPSA) is 69.7 Å². The summed E-state index contributed by atoms with van der Waals surface area (Å²) in [5, 5.41) is 2.75. The molecule has 0 saturated carbocycles. The second-order valence-corrected chi connectivity index (χ2v) is 6.54. The molecule has 2 fully saturated rings. The first-order valence-electron chi connectivity index (χ1n) is 8.44. The summed E-state index contributed by atoms with van der Waals surface area (Å²) in [7, 11) is 0. The van der Waals surface area contributed by atoms with E-state index < -0.39 is 5.54 Å². The van der Waals surface area contributed by atoms with Crippen molar-refractivity contribution in [1.29, 1.82) is 0 Å². The van der Waals surface area contributed by atoms with Crippen LogP contribution in [-0.4, -0.2) is 39.7 Å². The number of urea groups is 1. The number of benzene rings is 1. The summed E-state index contributed by atoms with van der Waals surface area (Å²) in [5.41, 5.74) is 1.23. The summed E-state index contributed by atoms with van der Waals surface area (Å²) in [5.74, 6) is -0.157. The molecule has 0 aromatic heterocycles. The Kier molecular flexibility index (Phi) is 4.30. The summed E-state index contributed by atoms with van der Waals surface area (Å²) in [6.45, 7) is 4.83. The van der Waals surface area contributed by atoms with Crippen molar-refractivity contribution in [3.63, 3.8) is 0 Å². The van der Waals surface area contributed by atoms with Crippen LogP contribution < -0.4 is 5.32 Å². The molecule has 1 aromatic rings. The zero-order chi connectivity index (χ0) is 17.3. The zero-order valence-corrected chi connectivity index (χ0v) is 14.2. The van der Waals surface area contributed by atoms with E-state index >= 15 is 0 Å². The van der Waals surface area contributed by atoms with Gasteiger partial charge >= 0.3 is 6.03 Å². The summed E-state index contributed by atoms with van der Waals surface area (Å²) in [6.07, 6.45) is 2.31. The molecular weight excluding hydrogens is 306 g/mol. The molecule has 0 bridgehead atoms. The third kappa shape index (κ3) is 2.66. The van der Waals surface area contributed by atoms with Crippen LogP contribution in [0.1, 0.15) is 44.2 Å². The summed E-state index contributed by atoms with van der Waals surface area (Å²) >= 11 is 0. The van der Waals surface area contributed by atoms with Gasteiger partial charge in [-0.15, -0.1) is 0 Å². The standard InChI is InChI=1S/C18H23N3O3/c1-3-18-8-5-9-21(18)17(24)20(16(18)23)12-15-7-4-6-14(10-15)11-19-13(2)22/h4,6-7,10H,3,5,8-9,11-12H2,1-2H3,(H,19,22). The van der Waals surface area contributed by atoms with Crippen LogP contribution in [0.3, 0.4) is 0 Å². The second-order valence-electron chi connectivity index (χ2n) is 6.54. The minimum absolute atomic E-state index is 0.0697. The molecule has 1 unspecified atom stereocenters. The number of carbonyl (C=O) groups is 3. The smallest absolute Gasteiger partial charge is 0.327 e. The molecule has 128 valence electrons. The van der Waals surface area contributed by atoms with Gasteiger partial charge in [-0.1, -0.05) is 31.2 Å². The van der Waals surface area contributed by atoms with Gasteiger partial charge in [0.15, 0.2) is 0 Å². The first kappa shape index (κ1) is 16.5. The van der Waals surface area contributed by atoms with E-state index in [1.54, 1.807) is 4.90 Å². The van der Waals surface area contributed by atoms with E-state index in [4.69, 9.17) is 0 Å². The number of fused-ring (bicyclic) bond motifs is 1. The predicted molar refractivity (Wildman–Crippen MR) is 88.9 cm³/mol. The quantitative estimate of drug-likeness (QED) is 0.840. The molecule has 3 rings (SSSR count). The first-order chi connectivity index (χ1) is 11.5. The number of nitrogens with zero attached hydrogens (tertiary/aromatic N) is 2. The Balaban J connectivity index is 1.77. The molecule has 6 heteroatoms. The van der Waals surface area contributed by atoms with E-state index in [0.717, 1.165) is 24.0 Å². The molecule has 24 heavy (non-hydrogen) atoms. The third-order valence-corrected chi connectivity index (χ3v) is 5.05. The molecule has 4 amide bonds. The Morgan fingerprint density at radius 1 is 1.29 bits per heavy atom. The van der Waals surface area contributed by atoms with E-state index in [1.807, 2.05) is 31.2 Å². The van der Waals surface area contributed by atoms with Crippen molar-refractivity contribution in [1.82, 2.24) is 15.1 Å². The minimum atomic E-state index is -0.620. The van der Waals surface area contributed by atoms with Crippen LogP contribution in [0.2, 0.25) is 0 Å². The van der Waals surface area contributed by atoms with Crippen molar-refractivity contribution in [2.24, 2.45) is 0 Å². The Morgan fingerprint density at radius 2 is 2.04 bits per heavy atom. The first-order valence-corrected chi connectivity index (χ1v) is 8.44. The fraction of sp³-hybridized carbons (Fsp3) is 0.500. The molecule has 1 aromatic carbocycles. The monoisotopic (exact) mass is 329 g/mol. The molecule has 6 nitrogen and oxygen atoms in total. The fourth-order valence-electron chi connectivity index (χ4n) is 3.77. The van der Waals surface area contributed by atoms with Crippen LogP contribution in [0.5, 0.6) is 0 Å². The lowest BCUT2D eigenvalue weighted by molar-refractivity contribution is -0.133. The maximum Gasteiger partial charge on any atom is 0.327 e. The third-order valence-electron chi connectivity index (χ3n) is 5.05. The van der Waals surface area contributed by atoms with Crippen LogP contribution in [-0.2, 0) is 22.7 Å². The Morgan fingerprint density at radius 3 is 2.71 bits per heavy atom. The van der Waals surface area contributed by atoms with Gasteiger partial charge in [0, 0.05) is 20.0 Å². The summed E-state index contributed by atoms with van der Waals surface area (Å²) in [4.78, 5) is 39.7. The minimum Gasteiger partial charge on any atom is -0.352 e. The Labute approximate surface area is 141 Å². The highest BCUT2D eigenvalue weighted by atomic mass is 16.2. The second kappa shape index (κ2) is 6.26. The lowest BCUT2D eigenvalue weighted by atomic mass is 9.93. The highest BCUT2D eigenvalue weighted by molar-refractivity contribution is 6.07. The van der Waals surface area contributed by atoms with Gasteiger partial charge in [-0.2, -0.15) is 0 Å². The number of nitrogens with one attached hydrogen (secondary N) is 1. The average Bonchev–Trinajstić information content (AvgIpc) is 3.08. The zero-order valence-electron chi connectivity index (χ0n) is 14.2. The van der Waals surface area contributed by atoms with Crippen molar-refractivity contribution in [3.8, 4) is 0 Å². The van der Waals surface area contributed by atoms with E-state index in [9.17, 15) is 14.4 Å². The van der Waals surface area contributed by atoms with Crippen LogP contribution in [0.4, 0.5) is 4.79 Å². The lowest BCUT2D eigenvalue weighted by Gasteiger charge is -2.26. The SMILES string of the molecule is CCC12CCCN1C(=O)N(Cc1cccc(CNC(C)=O)c1)C2=O. The van der Waals surface area contributed by atoms with Gasteiger partial charge in [0.2, 0.25) is 5.91 Å². The molecular formula is C18H23N3O3. The van der Waals surface area contributed by atoms with Crippen molar-refractivity contribution in [2.45, 2.75) is 51.7 Å².